The number of nitriles is 1. The van der Waals surface area contributed by atoms with Crippen LogP contribution in [0, 0.1) is 11.3 Å². The Morgan fingerprint density at radius 3 is 2.63 bits per heavy atom. The first kappa shape index (κ1) is 13.7. The van der Waals surface area contributed by atoms with Gasteiger partial charge in [0, 0.05) is 12.1 Å². The van der Waals surface area contributed by atoms with Crippen molar-refractivity contribution in [2.75, 3.05) is 13.2 Å². The molecule has 0 aromatic heterocycles. The zero-order valence-electron chi connectivity index (χ0n) is 11.5. The molecule has 1 N–H and O–H groups in total. The molecule has 0 aliphatic heterocycles. The molecule has 1 aliphatic carbocycles. The van der Waals surface area contributed by atoms with Crippen molar-refractivity contribution in [2.45, 2.75) is 38.3 Å². The first-order valence-electron chi connectivity index (χ1n) is 6.70. The molecule has 4 nitrogen and oxygen atoms in total. The van der Waals surface area contributed by atoms with E-state index >= 15 is 0 Å². The molecule has 2 rings (SSSR count). The first-order valence-corrected chi connectivity index (χ1v) is 6.70. The van der Waals surface area contributed by atoms with Crippen molar-refractivity contribution in [1.82, 2.24) is 5.32 Å². The molecule has 0 spiro atoms. The van der Waals surface area contributed by atoms with Crippen molar-refractivity contribution in [3.8, 4) is 17.6 Å². The van der Waals surface area contributed by atoms with Crippen molar-refractivity contribution < 1.29 is 9.47 Å². The molecule has 19 heavy (non-hydrogen) atoms. The fourth-order valence-corrected chi connectivity index (χ4v) is 1.83. The molecule has 0 radical (unpaired) electrons. The summed E-state index contributed by atoms with van der Waals surface area (Å²) < 4.78 is 11.1. The van der Waals surface area contributed by atoms with Crippen LogP contribution >= 0.6 is 0 Å². The SMILES string of the molecule is CCOc1cccc(OCC(C)(C#N)NC2CC2)c1. The second-order valence-electron chi connectivity index (χ2n) is 5.06. The highest BCUT2D eigenvalue weighted by atomic mass is 16.5. The molecule has 0 bridgehead atoms. The predicted octanol–water partition coefficient (Wildman–Crippen LogP) is 2.50. The van der Waals surface area contributed by atoms with E-state index in [1.54, 1.807) is 0 Å². The van der Waals surface area contributed by atoms with Crippen molar-refractivity contribution in [3.05, 3.63) is 24.3 Å². The number of hydrogen-bond donors (Lipinski definition) is 1. The molecular weight excluding hydrogens is 240 g/mol. The molecule has 1 aromatic rings. The maximum absolute atomic E-state index is 9.26. The third-order valence-corrected chi connectivity index (χ3v) is 2.99. The average molecular weight is 260 g/mol. The molecule has 0 heterocycles. The molecule has 1 aromatic carbocycles. The summed E-state index contributed by atoms with van der Waals surface area (Å²) in [6.07, 6.45) is 2.30. The van der Waals surface area contributed by atoms with Gasteiger partial charge in [-0.3, -0.25) is 5.32 Å². The van der Waals surface area contributed by atoms with Crippen LogP contribution < -0.4 is 14.8 Å². The highest BCUT2D eigenvalue weighted by Gasteiger charge is 2.33. The molecule has 1 aliphatic rings. The van der Waals surface area contributed by atoms with E-state index in [1.807, 2.05) is 38.1 Å². The molecule has 102 valence electrons. The average Bonchev–Trinajstić information content (AvgIpc) is 3.21. The largest absolute Gasteiger partial charge is 0.494 e. The minimum Gasteiger partial charge on any atom is -0.494 e. The molecule has 0 amide bonds. The lowest BCUT2D eigenvalue weighted by Crippen LogP contribution is -2.47. The summed E-state index contributed by atoms with van der Waals surface area (Å²) in [6.45, 7) is 4.77. The molecule has 4 heteroatoms. The van der Waals surface area contributed by atoms with Gasteiger partial charge in [-0.15, -0.1) is 0 Å². The molecule has 1 unspecified atom stereocenters. The summed E-state index contributed by atoms with van der Waals surface area (Å²) in [7, 11) is 0. The van der Waals surface area contributed by atoms with Gasteiger partial charge in [-0.2, -0.15) is 5.26 Å². The minimum atomic E-state index is -0.636. The van der Waals surface area contributed by atoms with Gasteiger partial charge < -0.3 is 9.47 Å². The van der Waals surface area contributed by atoms with E-state index in [1.165, 1.54) is 0 Å². The molecule has 1 fully saturated rings. The number of nitrogens with one attached hydrogen (secondary N) is 1. The van der Waals surface area contributed by atoms with Gasteiger partial charge in [-0.05, 0) is 38.8 Å². The van der Waals surface area contributed by atoms with Crippen molar-refractivity contribution in [1.29, 1.82) is 5.26 Å². The summed E-state index contributed by atoms with van der Waals surface area (Å²) in [6, 6.07) is 10.3. The second-order valence-corrected chi connectivity index (χ2v) is 5.06. The lowest BCUT2D eigenvalue weighted by molar-refractivity contribution is 0.231. The molecular formula is C15H20N2O2. The smallest absolute Gasteiger partial charge is 0.138 e. The fourth-order valence-electron chi connectivity index (χ4n) is 1.83. The number of benzene rings is 1. The van der Waals surface area contributed by atoms with Crippen molar-refractivity contribution in [3.63, 3.8) is 0 Å². The Bertz CT molecular complexity index is 465. The Labute approximate surface area is 114 Å². The highest BCUT2D eigenvalue weighted by Crippen LogP contribution is 2.24. The third kappa shape index (κ3) is 4.15. The van der Waals surface area contributed by atoms with Gasteiger partial charge in [0.05, 0.1) is 12.7 Å². The number of hydrogen-bond acceptors (Lipinski definition) is 4. The van der Waals surface area contributed by atoms with Gasteiger partial charge in [0.25, 0.3) is 0 Å². The predicted molar refractivity (Wildman–Crippen MR) is 73.3 cm³/mol. The second kappa shape index (κ2) is 5.94. The van der Waals surface area contributed by atoms with Crippen LogP contribution in [0.4, 0.5) is 0 Å². The lowest BCUT2D eigenvalue weighted by Gasteiger charge is -2.23. The van der Waals surface area contributed by atoms with Crippen molar-refractivity contribution in [2.24, 2.45) is 0 Å². The summed E-state index contributed by atoms with van der Waals surface area (Å²) in [5, 5.41) is 12.6. The maximum atomic E-state index is 9.26. The van der Waals surface area contributed by atoms with Crippen LogP contribution in [0.15, 0.2) is 24.3 Å². The van der Waals surface area contributed by atoms with Gasteiger partial charge in [-0.25, -0.2) is 0 Å². The Morgan fingerprint density at radius 2 is 2.05 bits per heavy atom. The Morgan fingerprint density at radius 1 is 1.37 bits per heavy atom. The standard InChI is InChI=1S/C15H20N2O2/c1-3-18-13-5-4-6-14(9-13)19-11-15(2,10-16)17-12-7-8-12/h4-6,9,12,17H,3,7-8,11H2,1-2H3. The summed E-state index contributed by atoms with van der Waals surface area (Å²) >= 11 is 0. The normalized spacial score (nSPS) is 17.3. The van der Waals surface area contributed by atoms with Crippen LogP contribution in [-0.4, -0.2) is 24.8 Å². The van der Waals surface area contributed by atoms with Gasteiger partial charge in [0.15, 0.2) is 0 Å². The molecule has 1 saturated carbocycles. The summed E-state index contributed by atoms with van der Waals surface area (Å²) in [4.78, 5) is 0. The quantitative estimate of drug-likeness (QED) is 0.818. The van der Waals surface area contributed by atoms with Gasteiger partial charge in [0.1, 0.15) is 23.6 Å². The Kier molecular flexibility index (Phi) is 4.28. The zero-order chi connectivity index (χ0) is 13.7. The molecule has 0 saturated heterocycles. The Balaban J connectivity index is 1.92. The van der Waals surface area contributed by atoms with E-state index in [-0.39, 0.29) is 0 Å². The van der Waals surface area contributed by atoms with Crippen LogP contribution in [0.2, 0.25) is 0 Å². The first-order chi connectivity index (χ1) is 9.15. The highest BCUT2D eigenvalue weighted by molar-refractivity contribution is 5.33. The van der Waals surface area contributed by atoms with E-state index in [0.29, 0.717) is 19.3 Å². The van der Waals surface area contributed by atoms with Crippen molar-refractivity contribution >= 4 is 0 Å². The maximum Gasteiger partial charge on any atom is 0.138 e. The van der Waals surface area contributed by atoms with E-state index < -0.39 is 5.54 Å². The molecule has 1 atom stereocenters. The van der Waals surface area contributed by atoms with Crippen LogP contribution in [0.25, 0.3) is 0 Å². The van der Waals surface area contributed by atoms with Gasteiger partial charge in [-0.1, -0.05) is 6.07 Å². The monoisotopic (exact) mass is 260 g/mol. The summed E-state index contributed by atoms with van der Waals surface area (Å²) in [5.41, 5.74) is -0.636. The summed E-state index contributed by atoms with van der Waals surface area (Å²) in [5.74, 6) is 1.51. The van der Waals surface area contributed by atoms with Crippen LogP contribution in [-0.2, 0) is 0 Å². The van der Waals surface area contributed by atoms with Crippen LogP contribution in [0.5, 0.6) is 11.5 Å². The Hall–Kier alpha value is -1.73. The number of rotatable bonds is 7. The van der Waals surface area contributed by atoms with Gasteiger partial charge in [0.2, 0.25) is 0 Å². The zero-order valence-corrected chi connectivity index (χ0v) is 11.5. The fraction of sp³-hybridized carbons (Fsp3) is 0.533. The van der Waals surface area contributed by atoms with E-state index in [0.717, 1.165) is 24.3 Å². The third-order valence-electron chi connectivity index (χ3n) is 2.99. The minimum absolute atomic E-state index is 0.329. The number of nitrogens with zero attached hydrogens (tertiary/aromatic N) is 1. The number of ether oxygens (including phenoxy) is 2. The van der Waals surface area contributed by atoms with E-state index in [9.17, 15) is 5.26 Å². The van der Waals surface area contributed by atoms with Crippen LogP contribution in [0.3, 0.4) is 0 Å². The lowest BCUT2D eigenvalue weighted by atomic mass is 10.1. The topological polar surface area (TPSA) is 54.3 Å². The van der Waals surface area contributed by atoms with E-state index in [2.05, 4.69) is 11.4 Å². The van der Waals surface area contributed by atoms with Crippen LogP contribution in [0.1, 0.15) is 26.7 Å². The van der Waals surface area contributed by atoms with Gasteiger partial charge >= 0.3 is 0 Å². The van der Waals surface area contributed by atoms with E-state index in [4.69, 9.17) is 9.47 Å².